The highest BCUT2D eigenvalue weighted by Gasteiger charge is 2.07. The van der Waals surface area contributed by atoms with E-state index in [0.717, 1.165) is 22.6 Å². The average molecular weight is 353 g/mol. The van der Waals surface area contributed by atoms with E-state index in [2.05, 4.69) is 10.4 Å². The van der Waals surface area contributed by atoms with Gasteiger partial charge in [0.2, 0.25) is 5.91 Å². The second-order valence-corrected chi connectivity index (χ2v) is 6.31. The lowest BCUT2D eigenvalue weighted by molar-refractivity contribution is -0.121. The minimum Gasteiger partial charge on any atom is -0.462 e. The Balaban J connectivity index is 1.49. The molecule has 0 bridgehead atoms. The van der Waals surface area contributed by atoms with Crippen LogP contribution in [0.15, 0.2) is 46.9 Å². The Morgan fingerprint density at radius 2 is 1.88 bits per heavy atom. The van der Waals surface area contributed by atoms with Gasteiger partial charge >= 0.3 is 0 Å². The molecule has 0 atom stereocenters. The van der Waals surface area contributed by atoms with E-state index in [1.165, 1.54) is 0 Å². The minimum absolute atomic E-state index is 0.0328. The van der Waals surface area contributed by atoms with Crippen LogP contribution in [0.4, 0.5) is 0 Å². The number of nitrogens with one attached hydrogen (secondary N) is 1. The molecular formula is C20H23N3O3. The zero-order valence-electron chi connectivity index (χ0n) is 15.0. The summed E-state index contributed by atoms with van der Waals surface area (Å²) in [4.78, 5) is 12.0. The van der Waals surface area contributed by atoms with E-state index in [9.17, 15) is 4.79 Å². The SMILES string of the molecule is Cc1cc(C)n(-c2ccc(CCC(=O)NCc3ccc(CO)o3)cc2)n1. The lowest BCUT2D eigenvalue weighted by atomic mass is 10.1. The Morgan fingerprint density at radius 1 is 1.15 bits per heavy atom. The summed E-state index contributed by atoms with van der Waals surface area (Å²) in [6, 6.07) is 13.6. The number of nitrogens with zero attached hydrogens (tertiary/aromatic N) is 2. The third-order valence-corrected chi connectivity index (χ3v) is 4.16. The van der Waals surface area contributed by atoms with E-state index in [-0.39, 0.29) is 12.5 Å². The van der Waals surface area contributed by atoms with Crippen LogP contribution in [0.25, 0.3) is 5.69 Å². The van der Waals surface area contributed by atoms with Crippen molar-refractivity contribution < 1.29 is 14.3 Å². The van der Waals surface area contributed by atoms with Crippen LogP contribution in [0.1, 0.15) is 34.9 Å². The van der Waals surface area contributed by atoms with E-state index in [1.54, 1.807) is 12.1 Å². The molecule has 2 aromatic heterocycles. The molecule has 0 spiro atoms. The highest BCUT2D eigenvalue weighted by molar-refractivity contribution is 5.76. The van der Waals surface area contributed by atoms with Crippen LogP contribution in [-0.2, 0) is 24.4 Å². The molecule has 0 saturated heterocycles. The maximum absolute atomic E-state index is 12.0. The Kier molecular flexibility index (Phi) is 5.53. The van der Waals surface area contributed by atoms with Crippen molar-refractivity contribution in [1.29, 1.82) is 0 Å². The zero-order valence-corrected chi connectivity index (χ0v) is 15.0. The zero-order chi connectivity index (χ0) is 18.5. The molecule has 0 unspecified atom stereocenters. The summed E-state index contributed by atoms with van der Waals surface area (Å²) in [6.45, 7) is 4.20. The molecule has 2 heterocycles. The van der Waals surface area contributed by atoms with E-state index in [1.807, 2.05) is 48.9 Å². The number of aliphatic hydroxyl groups is 1. The van der Waals surface area contributed by atoms with Crippen molar-refractivity contribution in [2.75, 3.05) is 0 Å². The molecule has 0 saturated carbocycles. The highest BCUT2D eigenvalue weighted by Crippen LogP contribution is 2.14. The molecule has 3 aromatic rings. The van der Waals surface area contributed by atoms with E-state index < -0.39 is 0 Å². The van der Waals surface area contributed by atoms with Gasteiger partial charge in [-0.1, -0.05) is 12.1 Å². The first-order valence-corrected chi connectivity index (χ1v) is 8.63. The van der Waals surface area contributed by atoms with Crippen LogP contribution in [0.5, 0.6) is 0 Å². The molecule has 1 aromatic carbocycles. The van der Waals surface area contributed by atoms with Crippen molar-refractivity contribution in [1.82, 2.24) is 15.1 Å². The molecule has 0 fully saturated rings. The van der Waals surface area contributed by atoms with Crippen LogP contribution >= 0.6 is 0 Å². The van der Waals surface area contributed by atoms with Crippen molar-refractivity contribution in [3.63, 3.8) is 0 Å². The topological polar surface area (TPSA) is 80.3 Å². The summed E-state index contributed by atoms with van der Waals surface area (Å²) in [5, 5.41) is 16.3. The first-order chi connectivity index (χ1) is 12.5. The smallest absolute Gasteiger partial charge is 0.220 e. The standard InChI is InChI=1S/C20H23N3O3/c1-14-11-15(2)23(22-14)17-6-3-16(4-7-17)5-10-20(25)21-12-18-8-9-19(13-24)26-18/h3-4,6-9,11,24H,5,10,12-13H2,1-2H3,(H,21,25). The van der Waals surface area contributed by atoms with E-state index in [0.29, 0.717) is 30.9 Å². The number of benzene rings is 1. The molecule has 1 amide bonds. The molecule has 0 aliphatic heterocycles. The monoisotopic (exact) mass is 353 g/mol. The fraction of sp³-hybridized carbons (Fsp3) is 0.300. The summed E-state index contributed by atoms with van der Waals surface area (Å²) < 4.78 is 7.25. The molecule has 6 nitrogen and oxygen atoms in total. The van der Waals surface area contributed by atoms with Gasteiger partial charge in [0.05, 0.1) is 17.9 Å². The number of hydrogen-bond acceptors (Lipinski definition) is 4. The number of aryl methyl sites for hydroxylation is 3. The summed E-state index contributed by atoms with van der Waals surface area (Å²) in [5.74, 6) is 1.10. The Hall–Kier alpha value is -2.86. The van der Waals surface area contributed by atoms with E-state index >= 15 is 0 Å². The molecule has 136 valence electrons. The van der Waals surface area contributed by atoms with E-state index in [4.69, 9.17) is 9.52 Å². The predicted molar refractivity (Wildman–Crippen MR) is 97.8 cm³/mol. The van der Waals surface area contributed by atoms with Gasteiger partial charge < -0.3 is 14.8 Å². The average Bonchev–Trinajstić information content (AvgIpc) is 3.24. The van der Waals surface area contributed by atoms with Gasteiger partial charge in [0.1, 0.15) is 18.1 Å². The Morgan fingerprint density at radius 3 is 2.50 bits per heavy atom. The largest absolute Gasteiger partial charge is 0.462 e. The quantitative estimate of drug-likeness (QED) is 0.684. The Labute approximate surface area is 152 Å². The van der Waals surface area contributed by atoms with Gasteiger partial charge in [-0.25, -0.2) is 4.68 Å². The molecule has 26 heavy (non-hydrogen) atoms. The number of carbonyl (C=O) groups is 1. The van der Waals surface area contributed by atoms with Crippen molar-refractivity contribution in [3.05, 3.63) is 70.9 Å². The lowest BCUT2D eigenvalue weighted by Gasteiger charge is -2.07. The van der Waals surface area contributed by atoms with Crippen molar-refractivity contribution >= 4 is 5.91 Å². The van der Waals surface area contributed by atoms with Gasteiger partial charge in [-0.15, -0.1) is 0 Å². The fourth-order valence-corrected chi connectivity index (χ4v) is 2.83. The third-order valence-electron chi connectivity index (χ3n) is 4.16. The number of carbonyl (C=O) groups excluding carboxylic acids is 1. The van der Waals surface area contributed by atoms with Crippen LogP contribution in [-0.4, -0.2) is 20.8 Å². The van der Waals surface area contributed by atoms with Gasteiger partial charge in [-0.3, -0.25) is 4.79 Å². The van der Waals surface area contributed by atoms with Crippen molar-refractivity contribution in [3.8, 4) is 5.69 Å². The van der Waals surface area contributed by atoms with Gasteiger partial charge in [-0.2, -0.15) is 5.10 Å². The molecule has 6 heteroatoms. The van der Waals surface area contributed by atoms with Crippen molar-refractivity contribution in [2.45, 2.75) is 39.8 Å². The summed E-state index contributed by atoms with van der Waals surface area (Å²) in [7, 11) is 0. The number of amides is 1. The second kappa shape index (κ2) is 8.01. The summed E-state index contributed by atoms with van der Waals surface area (Å²) in [5.41, 5.74) is 4.20. The van der Waals surface area contributed by atoms with Crippen LogP contribution < -0.4 is 5.32 Å². The molecule has 0 aliphatic rings. The van der Waals surface area contributed by atoms with Crippen LogP contribution in [0.3, 0.4) is 0 Å². The van der Waals surface area contributed by atoms with Gasteiger partial charge in [0.25, 0.3) is 0 Å². The van der Waals surface area contributed by atoms with Gasteiger partial charge in [0, 0.05) is 12.1 Å². The van der Waals surface area contributed by atoms with Crippen LogP contribution in [0, 0.1) is 13.8 Å². The molecule has 3 rings (SSSR count). The third kappa shape index (κ3) is 4.40. The number of aromatic nitrogens is 2. The normalized spacial score (nSPS) is 10.9. The van der Waals surface area contributed by atoms with Gasteiger partial charge in [0.15, 0.2) is 0 Å². The van der Waals surface area contributed by atoms with Crippen LogP contribution in [0.2, 0.25) is 0 Å². The number of rotatable bonds is 7. The minimum atomic E-state index is -0.137. The first kappa shape index (κ1) is 17.9. The lowest BCUT2D eigenvalue weighted by Crippen LogP contribution is -2.22. The fourth-order valence-electron chi connectivity index (χ4n) is 2.83. The molecule has 2 N–H and O–H groups in total. The maximum atomic E-state index is 12.0. The molecule has 0 aliphatic carbocycles. The highest BCUT2D eigenvalue weighted by atomic mass is 16.4. The maximum Gasteiger partial charge on any atom is 0.220 e. The number of furan rings is 1. The Bertz CT molecular complexity index is 878. The molecule has 0 radical (unpaired) electrons. The summed E-state index contributed by atoms with van der Waals surface area (Å²) in [6.07, 6.45) is 1.08. The second-order valence-electron chi connectivity index (χ2n) is 6.31. The summed E-state index contributed by atoms with van der Waals surface area (Å²) >= 11 is 0. The first-order valence-electron chi connectivity index (χ1n) is 8.63. The number of hydrogen-bond donors (Lipinski definition) is 2. The number of aliphatic hydroxyl groups excluding tert-OH is 1. The van der Waals surface area contributed by atoms with Crippen molar-refractivity contribution in [2.24, 2.45) is 0 Å². The molecular weight excluding hydrogens is 330 g/mol. The predicted octanol–water partition coefficient (Wildman–Crippen LogP) is 2.82. The van der Waals surface area contributed by atoms with Gasteiger partial charge in [-0.05, 0) is 56.2 Å².